The highest BCUT2D eigenvalue weighted by molar-refractivity contribution is 5.84. The Morgan fingerprint density at radius 2 is 2.10 bits per heavy atom. The molecule has 0 heterocycles. The van der Waals surface area contributed by atoms with Crippen molar-refractivity contribution in [3.05, 3.63) is 29.8 Å². The molecule has 0 aromatic heterocycles. The van der Waals surface area contributed by atoms with Crippen LogP contribution in [0.1, 0.15) is 39.7 Å². The van der Waals surface area contributed by atoms with Gasteiger partial charge in [-0.1, -0.05) is 12.1 Å². The second-order valence-corrected chi connectivity index (χ2v) is 5.93. The summed E-state index contributed by atoms with van der Waals surface area (Å²) in [6, 6.07) is 7.41. The lowest BCUT2D eigenvalue weighted by atomic mass is 9.93. The van der Waals surface area contributed by atoms with Gasteiger partial charge >= 0.3 is 0 Å². The molecular formula is C16H26N2O3. The van der Waals surface area contributed by atoms with Crippen LogP contribution in [0, 0.1) is 0 Å². The summed E-state index contributed by atoms with van der Waals surface area (Å²) in [5, 5.41) is 12.3. The molecule has 1 rings (SSSR count). The quantitative estimate of drug-likeness (QED) is 0.679. The number of rotatable bonds is 8. The summed E-state index contributed by atoms with van der Waals surface area (Å²) in [4.78, 5) is 11.7. The van der Waals surface area contributed by atoms with Crippen LogP contribution in [0.25, 0.3) is 0 Å². The lowest BCUT2D eigenvalue weighted by Crippen LogP contribution is -2.57. The highest BCUT2D eigenvalue weighted by atomic mass is 16.5. The van der Waals surface area contributed by atoms with Crippen LogP contribution in [0.5, 0.6) is 5.75 Å². The fourth-order valence-electron chi connectivity index (χ4n) is 2.43. The number of carbonyl (C=O) groups is 1. The van der Waals surface area contributed by atoms with Crippen molar-refractivity contribution in [1.82, 2.24) is 5.32 Å². The number of ether oxygens (including phenoxy) is 1. The summed E-state index contributed by atoms with van der Waals surface area (Å²) < 4.78 is 5.83. The van der Waals surface area contributed by atoms with E-state index in [-0.39, 0.29) is 18.8 Å². The van der Waals surface area contributed by atoms with Crippen LogP contribution in [-0.4, -0.2) is 28.7 Å². The number of carbonyl (C=O) groups excluding carboxylic acids is 1. The van der Waals surface area contributed by atoms with E-state index in [9.17, 15) is 4.79 Å². The Labute approximate surface area is 126 Å². The molecular weight excluding hydrogens is 268 g/mol. The molecule has 0 saturated carbocycles. The Morgan fingerprint density at radius 1 is 1.43 bits per heavy atom. The van der Waals surface area contributed by atoms with E-state index in [0.29, 0.717) is 12.2 Å². The van der Waals surface area contributed by atoms with Gasteiger partial charge < -0.3 is 20.9 Å². The Balaban J connectivity index is 2.73. The predicted octanol–water partition coefficient (Wildman–Crippen LogP) is 1.58. The third-order valence-corrected chi connectivity index (χ3v) is 3.27. The lowest BCUT2D eigenvalue weighted by molar-refractivity contribution is -0.125. The van der Waals surface area contributed by atoms with Crippen LogP contribution in [0.15, 0.2) is 24.3 Å². The van der Waals surface area contributed by atoms with Crippen LogP contribution in [0.2, 0.25) is 0 Å². The number of primary amides is 1. The average Bonchev–Trinajstić information content (AvgIpc) is 2.37. The maximum Gasteiger partial charge on any atom is 0.237 e. The Kier molecular flexibility index (Phi) is 6.18. The van der Waals surface area contributed by atoms with Gasteiger partial charge in [0.1, 0.15) is 5.75 Å². The molecule has 0 spiro atoms. The van der Waals surface area contributed by atoms with E-state index in [2.05, 4.69) is 5.32 Å². The molecule has 0 aliphatic heterocycles. The van der Waals surface area contributed by atoms with Gasteiger partial charge in [-0.05, 0) is 45.4 Å². The van der Waals surface area contributed by atoms with Gasteiger partial charge in [0.2, 0.25) is 5.91 Å². The second kappa shape index (κ2) is 7.43. The van der Waals surface area contributed by atoms with E-state index < -0.39 is 11.4 Å². The molecule has 2 atom stereocenters. The number of benzene rings is 1. The number of hydrogen-bond acceptors (Lipinski definition) is 4. The highest BCUT2D eigenvalue weighted by Gasteiger charge is 2.33. The van der Waals surface area contributed by atoms with Crippen LogP contribution >= 0.6 is 0 Å². The SMILES string of the molecule is CC(C)NC(C)(CC(C)Oc1cccc(CO)c1)C(N)=O. The van der Waals surface area contributed by atoms with E-state index in [1.807, 2.05) is 39.0 Å². The predicted molar refractivity (Wildman–Crippen MR) is 82.9 cm³/mol. The maximum atomic E-state index is 11.7. The van der Waals surface area contributed by atoms with E-state index >= 15 is 0 Å². The molecule has 4 N–H and O–H groups in total. The van der Waals surface area contributed by atoms with Crippen molar-refractivity contribution in [1.29, 1.82) is 0 Å². The summed E-state index contributed by atoms with van der Waals surface area (Å²) in [5.74, 6) is 0.279. The van der Waals surface area contributed by atoms with Crippen molar-refractivity contribution in [3.8, 4) is 5.75 Å². The first kappa shape index (κ1) is 17.5. The van der Waals surface area contributed by atoms with Crippen LogP contribution < -0.4 is 15.8 Å². The Morgan fingerprint density at radius 3 is 2.62 bits per heavy atom. The highest BCUT2D eigenvalue weighted by Crippen LogP contribution is 2.20. The molecule has 5 heteroatoms. The average molecular weight is 294 g/mol. The van der Waals surface area contributed by atoms with E-state index in [4.69, 9.17) is 15.6 Å². The second-order valence-electron chi connectivity index (χ2n) is 5.93. The minimum Gasteiger partial charge on any atom is -0.491 e. The fraction of sp³-hybridized carbons (Fsp3) is 0.562. The topological polar surface area (TPSA) is 84.6 Å². The van der Waals surface area contributed by atoms with Gasteiger partial charge in [0.15, 0.2) is 0 Å². The van der Waals surface area contributed by atoms with Crippen LogP contribution in [0.4, 0.5) is 0 Å². The van der Waals surface area contributed by atoms with Gasteiger partial charge in [0.05, 0.1) is 18.2 Å². The normalized spacial score (nSPS) is 15.5. The van der Waals surface area contributed by atoms with Crippen molar-refractivity contribution in [2.24, 2.45) is 5.73 Å². The summed E-state index contributed by atoms with van der Waals surface area (Å²) in [6.45, 7) is 7.60. The number of amides is 1. The van der Waals surface area contributed by atoms with Crippen molar-refractivity contribution in [3.63, 3.8) is 0 Å². The molecule has 1 aromatic rings. The molecule has 0 bridgehead atoms. The van der Waals surface area contributed by atoms with E-state index in [1.165, 1.54) is 0 Å². The van der Waals surface area contributed by atoms with Gasteiger partial charge in [-0.25, -0.2) is 0 Å². The van der Waals surface area contributed by atoms with Gasteiger partial charge in [-0.15, -0.1) is 0 Å². The Bertz CT molecular complexity index is 476. The Hall–Kier alpha value is -1.59. The number of aliphatic hydroxyl groups excluding tert-OH is 1. The zero-order valence-corrected chi connectivity index (χ0v) is 13.2. The zero-order chi connectivity index (χ0) is 16.0. The van der Waals surface area contributed by atoms with Crippen molar-refractivity contribution in [2.45, 2.75) is 58.4 Å². The third-order valence-electron chi connectivity index (χ3n) is 3.27. The van der Waals surface area contributed by atoms with E-state index in [1.54, 1.807) is 13.0 Å². The van der Waals surface area contributed by atoms with Gasteiger partial charge in [0, 0.05) is 12.5 Å². The molecule has 21 heavy (non-hydrogen) atoms. The molecule has 0 saturated heterocycles. The smallest absolute Gasteiger partial charge is 0.237 e. The van der Waals surface area contributed by atoms with Crippen molar-refractivity contribution in [2.75, 3.05) is 0 Å². The minimum absolute atomic E-state index is 0.0283. The maximum absolute atomic E-state index is 11.7. The number of aliphatic hydroxyl groups is 1. The molecule has 1 aromatic carbocycles. The molecule has 0 aliphatic rings. The first-order chi connectivity index (χ1) is 9.76. The van der Waals surface area contributed by atoms with Crippen molar-refractivity contribution < 1.29 is 14.6 Å². The molecule has 1 amide bonds. The lowest BCUT2D eigenvalue weighted by Gasteiger charge is -2.32. The minimum atomic E-state index is -0.817. The molecule has 0 radical (unpaired) electrons. The molecule has 0 aliphatic carbocycles. The molecule has 2 unspecified atom stereocenters. The summed E-state index contributed by atoms with van der Waals surface area (Å²) in [5.41, 5.74) is 5.49. The molecule has 0 fully saturated rings. The first-order valence-electron chi connectivity index (χ1n) is 7.21. The number of nitrogens with two attached hydrogens (primary N) is 1. The monoisotopic (exact) mass is 294 g/mol. The largest absolute Gasteiger partial charge is 0.491 e. The van der Waals surface area contributed by atoms with Gasteiger partial charge in [-0.3, -0.25) is 4.79 Å². The standard InChI is InChI=1S/C16H26N2O3/c1-11(2)18-16(4,15(17)20)9-12(3)21-14-7-5-6-13(8-14)10-19/h5-8,11-12,18-19H,9-10H2,1-4H3,(H2,17,20). The zero-order valence-electron chi connectivity index (χ0n) is 13.2. The molecule has 118 valence electrons. The summed E-state index contributed by atoms with van der Waals surface area (Å²) >= 11 is 0. The third kappa shape index (κ3) is 5.36. The van der Waals surface area contributed by atoms with E-state index in [0.717, 1.165) is 5.56 Å². The van der Waals surface area contributed by atoms with Gasteiger partial charge in [-0.2, -0.15) is 0 Å². The summed E-state index contributed by atoms with van der Waals surface area (Å²) in [7, 11) is 0. The first-order valence-corrected chi connectivity index (χ1v) is 7.21. The fourth-order valence-corrected chi connectivity index (χ4v) is 2.43. The van der Waals surface area contributed by atoms with Crippen molar-refractivity contribution >= 4 is 5.91 Å². The number of nitrogens with one attached hydrogen (secondary N) is 1. The van der Waals surface area contributed by atoms with Crippen LogP contribution in [0.3, 0.4) is 0 Å². The number of hydrogen-bond donors (Lipinski definition) is 3. The van der Waals surface area contributed by atoms with Gasteiger partial charge in [0.25, 0.3) is 0 Å². The van der Waals surface area contributed by atoms with Crippen LogP contribution in [-0.2, 0) is 11.4 Å². The molecule has 5 nitrogen and oxygen atoms in total. The summed E-state index contributed by atoms with van der Waals surface area (Å²) in [6.07, 6.45) is 0.270.